The number of rotatable bonds is 3. The number of amides is 2. The second kappa shape index (κ2) is 6.90. The van der Waals surface area contributed by atoms with Gasteiger partial charge in [-0.05, 0) is 36.3 Å². The summed E-state index contributed by atoms with van der Waals surface area (Å²) in [6.45, 7) is 1.97. The molecule has 2 aromatic carbocycles. The molecule has 0 aliphatic carbocycles. The molecule has 2 saturated heterocycles. The van der Waals surface area contributed by atoms with E-state index in [1.807, 2.05) is 37.3 Å². The number of carbonyl (C=O) groups is 2. The monoisotopic (exact) mass is 378 g/mol. The molecule has 0 aromatic heterocycles. The molecular weight excluding hydrogens is 360 g/mol. The van der Waals surface area contributed by atoms with Crippen molar-refractivity contribution in [3.63, 3.8) is 0 Å². The van der Waals surface area contributed by atoms with E-state index in [0.29, 0.717) is 5.56 Å². The van der Waals surface area contributed by atoms with Crippen molar-refractivity contribution in [3.05, 3.63) is 81.4 Å². The molecule has 142 valence electrons. The van der Waals surface area contributed by atoms with Gasteiger partial charge in [0.1, 0.15) is 11.7 Å². The van der Waals surface area contributed by atoms with Gasteiger partial charge in [0.05, 0.1) is 4.92 Å². The first-order valence-corrected chi connectivity index (χ1v) is 8.87. The van der Waals surface area contributed by atoms with Crippen LogP contribution in [0.5, 0.6) is 0 Å². The van der Waals surface area contributed by atoms with E-state index in [2.05, 4.69) is 10.7 Å². The smallest absolute Gasteiger partial charge is 0.275 e. The van der Waals surface area contributed by atoms with E-state index in [1.54, 1.807) is 0 Å². The van der Waals surface area contributed by atoms with Gasteiger partial charge in [-0.2, -0.15) is 0 Å². The third-order valence-corrected chi connectivity index (χ3v) is 5.07. The number of hydrazine groups is 1. The summed E-state index contributed by atoms with van der Waals surface area (Å²) in [4.78, 5) is 35.9. The molecule has 3 unspecified atom stereocenters. The Balaban J connectivity index is 1.62. The van der Waals surface area contributed by atoms with Gasteiger partial charge in [-0.25, -0.2) is 5.43 Å². The fourth-order valence-corrected chi connectivity index (χ4v) is 3.72. The van der Waals surface area contributed by atoms with E-state index in [-0.39, 0.29) is 23.2 Å². The number of fused-ring (bicyclic) bond motifs is 1. The molecule has 8 nitrogen and oxygen atoms in total. The van der Waals surface area contributed by atoms with Gasteiger partial charge in [-0.3, -0.25) is 24.7 Å². The summed E-state index contributed by atoms with van der Waals surface area (Å²) >= 11 is 0. The van der Waals surface area contributed by atoms with Crippen molar-refractivity contribution < 1.29 is 14.5 Å². The van der Waals surface area contributed by atoms with Crippen molar-refractivity contribution in [1.29, 1.82) is 0 Å². The molecule has 2 fully saturated rings. The fourth-order valence-electron chi connectivity index (χ4n) is 3.72. The summed E-state index contributed by atoms with van der Waals surface area (Å²) in [5.74, 6) is -0.950. The first kappa shape index (κ1) is 17.9. The van der Waals surface area contributed by atoms with E-state index in [1.165, 1.54) is 35.4 Å². The Morgan fingerprint density at radius 1 is 1.07 bits per heavy atom. The van der Waals surface area contributed by atoms with Gasteiger partial charge in [-0.15, -0.1) is 0 Å². The zero-order valence-corrected chi connectivity index (χ0v) is 15.0. The van der Waals surface area contributed by atoms with Crippen LogP contribution in [0.4, 0.5) is 5.69 Å². The molecule has 4 rings (SSSR count). The van der Waals surface area contributed by atoms with Crippen LogP contribution in [0.15, 0.2) is 60.2 Å². The van der Waals surface area contributed by atoms with Gasteiger partial charge in [-0.1, -0.05) is 30.3 Å². The minimum atomic E-state index is -0.501. The van der Waals surface area contributed by atoms with Gasteiger partial charge in [0.25, 0.3) is 17.5 Å². The highest BCUT2D eigenvalue weighted by Crippen LogP contribution is 2.33. The fraction of sp³-hybridized carbons (Fsp3) is 0.200. The van der Waals surface area contributed by atoms with E-state index < -0.39 is 22.9 Å². The standard InChI is InChI=1S/C20H18N4O4/c1-12-17(14-5-3-2-4-6-14)18-21-19(25)16(20(26)23(18)22-12)11-13-7-9-15(10-8-13)24(27)28/h2-12,17-18,22H,1H3,(H,21,25)/b16-11+. The predicted molar refractivity (Wildman–Crippen MR) is 102 cm³/mol. The number of benzene rings is 2. The number of nitro groups is 1. The lowest BCUT2D eigenvalue weighted by atomic mass is 9.90. The molecule has 2 aliphatic rings. The summed E-state index contributed by atoms with van der Waals surface area (Å²) in [7, 11) is 0. The van der Waals surface area contributed by atoms with Crippen LogP contribution in [0, 0.1) is 10.1 Å². The molecule has 0 saturated carbocycles. The van der Waals surface area contributed by atoms with Gasteiger partial charge in [0.2, 0.25) is 0 Å². The number of nitrogens with one attached hydrogen (secondary N) is 2. The van der Waals surface area contributed by atoms with Crippen LogP contribution in [-0.4, -0.2) is 34.0 Å². The molecule has 0 bridgehead atoms. The number of hydrogen-bond acceptors (Lipinski definition) is 5. The van der Waals surface area contributed by atoms with Crippen molar-refractivity contribution in [1.82, 2.24) is 15.8 Å². The normalized spacial score (nSPS) is 25.5. The maximum Gasteiger partial charge on any atom is 0.275 e. The molecule has 28 heavy (non-hydrogen) atoms. The predicted octanol–water partition coefficient (Wildman–Crippen LogP) is 1.95. The summed E-state index contributed by atoms with van der Waals surface area (Å²) in [6.07, 6.45) is 0.964. The molecule has 0 radical (unpaired) electrons. The molecule has 2 N–H and O–H groups in total. The van der Waals surface area contributed by atoms with Crippen molar-refractivity contribution in [2.24, 2.45) is 0 Å². The summed E-state index contributed by atoms with van der Waals surface area (Å²) < 4.78 is 0. The molecule has 0 spiro atoms. The van der Waals surface area contributed by atoms with E-state index in [4.69, 9.17) is 0 Å². The number of nitrogens with zero attached hydrogens (tertiary/aromatic N) is 2. The summed E-state index contributed by atoms with van der Waals surface area (Å²) in [6, 6.07) is 15.4. The molecular formula is C20H18N4O4. The van der Waals surface area contributed by atoms with Gasteiger partial charge < -0.3 is 5.32 Å². The minimum absolute atomic E-state index is 0.0153. The molecule has 2 heterocycles. The Hall–Kier alpha value is -3.52. The molecule has 3 atom stereocenters. The molecule has 8 heteroatoms. The Labute approximate surface area is 161 Å². The first-order chi connectivity index (χ1) is 13.5. The summed E-state index contributed by atoms with van der Waals surface area (Å²) in [5, 5.41) is 15.1. The van der Waals surface area contributed by atoms with Crippen LogP contribution in [-0.2, 0) is 9.59 Å². The Kier molecular flexibility index (Phi) is 4.40. The van der Waals surface area contributed by atoms with Crippen molar-refractivity contribution in [2.45, 2.75) is 25.0 Å². The molecule has 2 aliphatic heterocycles. The van der Waals surface area contributed by atoms with E-state index in [9.17, 15) is 19.7 Å². The average molecular weight is 378 g/mol. The highest BCUT2D eigenvalue weighted by atomic mass is 16.6. The van der Waals surface area contributed by atoms with Crippen LogP contribution in [0.25, 0.3) is 6.08 Å². The maximum absolute atomic E-state index is 12.9. The van der Waals surface area contributed by atoms with Crippen LogP contribution >= 0.6 is 0 Å². The van der Waals surface area contributed by atoms with Gasteiger partial charge >= 0.3 is 0 Å². The zero-order valence-electron chi connectivity index (χ0n) is 15.0. The van der Waals surface area contributed by atoms with Gasteiger partial charge in [0, 0.05) is 24.1 Å². The van der Waals surface area contributed by atoms with Crippen molar-refractivity contribution >= 4 is 23.6 Å². The van der Waals surface area contributed by atoms with E-state index >= 15 is 0 Å². The third-order valence-electron chi connectivity index (χ3n) is 5.07. The second-order valence-corrected chi connectivity index (χ2v) is 6.85. The molecule has 2 amide bonds. The number of carbonyl (C=O) groups excluding carboxylic acids is 2. The van der Waals surface area contributed by atoms with E-state index in [0.717, 1.165) is 5.56 Å². The van der Waals surface area contributed by atoms with Crippen molar-refractivity contribution in [3.8, 4) is 0 Å². The average Bonchev–Trinajstić information content (AvgIpc) is 3.02. The van der Waals surface area contributed by atoms with Crippen LogP contribution in [0.3, 0.4) is 0 Å². The molecule has 2 aromatic rings. The highest BCUT2D eigenvalue weighted by Gasteiger charge is 2.48. The van der Waals surface area contributed by atoms with Crippen LogP contribution < -0.4 is 10.7 Å². The topological polar surface area (TPSA) is 105 Å². The SMILES string of the molecule is CC1NN2C(=O)/C(=C/c3ccc([N+](=O)[O-])cc3)C(=O)NC2C1c1ccccc1. The minimum Gasteiger partial charge on any atom is -0.330 e. The maximum atomic E-state index is 12.9. The Morgan fingerprint density at radius 3 is 2.39 bits per heavy atom. The zero-order chi connectivity index (χ0) is 19.8. The lowest BCUT2D eigenvalue weighted by Gasteiger charge is -2.33. The highest BCUT2D eigenvalue weighted by molar-refractivity contribution is 6.23. The van der Waals surface area contributed by atoms with Gasteiger partial charge in [0.15, 0.2) is 0 Å². The van der Waals surface area contributed by atoms with Crippen LogP contribution in [0.1, 0.15) is 24.0 Å². The number of hydrogen-bond donors (Lipinski definition) is 2. The quantitative estimate of drug-likeness (QED) is 0.368. The first-order valence-electron chi connectivity index (χ1n) is 8.87. The Bertz CT molecular complexity index is 971. The largest absolute Gasteiger partial charge is 0.330 e. The lowest BCUT2D eigenvalue weighted by Crippen LogP contribution is -2.58. The number of nitro benzene ring substituents is 1. The third kappa shape index (κ3) is 3.03. The van der Waals surface area contributed by atoms with Crippen molar-refractivity contribution in [2.75, 3.05) is 0 Å². The second-order valence-electron chi connectivity index (χ2n) is 6.85. The summed E-state index contributed by atoms with van der Waals surface area (Å²) in [5.41, 5.74) is 4.65. The number of non-ortho nitro benzene ring substituents is 1. The van der Waals surface area contributed by atoms with Crippen LogP contribution in [0.2, 0.25) is 0 Å². The Morgan fingerprint density at radius 2 is 1.75 bits per heavy atom. The lowest BCUT2D eigenvalue weighted by molar-refractivity contribution is -0.384.